The van der Waals surface area contributed by atoms with Gasteiger partial charge in [0.2, 0.25) is 0 Å². The second kappa shape index (κ2) is 10.1. The Kier molecular flexibility index (Phi) is 7.48. The van der Waals surface area contributed by atoms with E-state index in [9.17, 15) is 14.0 Å². The first-order valence-electron chi connectivity index (χ1n) is 8.96. The predicted molar refractivity (Wildman–Crippen MR) is 118 cm³/mol. The van der Waals surface area contributed by atoms with Crippen LogP contribution in [-0.2, 0) is 16.2 Å². The van der Waals surface area contributed by atoms with Crippen LogP contribution in [0.2, 0.25) is 5.02 Å². The number of nitrogens with one attached hydrogen (secondary N) is 2. The summed E-state index contributed by atoms with van der Waals surface area (Å²) in [5, 5.41) is 6.65. The second-order valence-corrected chi connectivity index (χ2v) is 8.04. The van der Waals surface area contributed by atoms with Crippen LogP contribution in [0.5, 0.6) is 11.5 Å². The highest BCUT2D eigenvalue weighted by atomic mass is 127. The number of halogens is 3. The van der Waals surface area contributed by atoms with Gasteiger partial charge in [-0.1, -0.05) is 17.7 Å². The number of rotatable bonds is 7. The highest BCUT2D eigenvalue weighted by molar-refractivity contribution is 14.1. The minimum Gasteiger partial charge on any atom is -0.493 e. The van der Waals surface area contributed by atoms with Crippen molar-refractivity contribution in [3.05, 3.63) is 55.9 Å². The van der Waals surface area contributed by atoms with Gasteiger partial charge >= 0.3 is 11.8 Å². The fourth-order valence-electron chi connectivity index (χ4n) is 2.46. The normalized spacial score (nSPS) is 13.2. The maximum Gasteiger partial charge on any atom is 0.329 e. The van der Waals surface area contributed by atoms with Crippen molar-refractivity contribution in [3.63, 3.8) is 0 Å². The summed E-state index contributed by atoms with van der Waals surface area (Å²) in [6.45, 7) is -0.0720. The number of hydrazone groups is 1. The Balaban J connectivity index is 1.67. The number of amides is 2. The Morgan fingerprint density at radius 2 is 2.10 bits per heavy atom. The average molecular weight is 546 g/mol. The molecule has 0 atom stereocenters. The Morgan fingerprint density at radius 1 is 1.33 bits per heavy atom. The molecule has 3 rings (SSSR count). The van der Waals surface area contributed by atoms with Crippen molar-refractivity contribution in [3.8, 4) is 11.5 Å². The van der Waals surface area contributed by atoms with Gasteiger partial charge in [0.05, 0.1) is 21.9 Å². The average Bonchev–Trinajstić information content (AvgIpc) is 3.52. The highest BCUT2D eigenvalue weighted by Crippen LogP contribution is 2.35. The first kappa shape index (κ1) is 22.3. The number of hydrogen-bond donors (Lipinski definition) is 2. The van der Waals surface area contributed by atoms with Crippen molar-refractivity contribution in [2.75, 3.05) is 7.11 Å². The van der Waals surface area contributed by atoms with E-state index < -0.39 is 17.6 Å². The lowest BCUT2D eigenvalue weighted by Crippen LogP contribution is -2.38. The number of hydrogen-bond acceptors (Lipinski definition) is 5. The molecule has 0 radical (unpaired) electrons. The summed E-state index contributed by atoms with van der Waals surface area (Å²) < 4.78 is 25.8. The minimum atomic E-state index is -0.832. The Labute approximate surface area is 191 Å². The van der Waals surface area contributed by atoms with E-state index in [4.69, 9.17) is 21.1 Å². The zero-order chi connectivity index (χ0) is 21.7. The van der Waals surface area contributed by atoms with Crippen LogP contribution in [-0.4, -0.2) is 31.2 Å². The topological polar surface area (TPSA) is 89.0 Å². The molecule has 1 aliphatic rings. The van der Waals surface area contributed by atoms with Gasteiger partial charge in [-0.05, 0) is 65.3 Å². The summed E-state index contributed by atoms with van der Waals surface area (Å²) in [6, 6.07) is 7.88. The first-order chi connectivity index (χ1) is 14.4. The van der Waals surface area contributed by atoms with E-state index in [1.807, 2.05) is 22.6 Å². The number of nitrogens with zero attached hydrogens (tertiary/aromatic N) is 1. The summed E-state index contributed by atoms with van der Waals surface area (Å²) in [5.74, 6) is -1.18. The molecule has 0 aromatic heterocycles. The molecule has 0 aliphatic heterocycles. The van der Waals surface area contributed by atoms with Crippen molar-refractivity contribution in [2.45, 2.75) is 25.5 Å². The molecule has 0 heterocycles. The van der Waals surface area contributed by atoms with Crippen molar-refractivity contribution >= 4 is 52.2 Å². The van der Waals surface area contributed by atoms with Gasteiger partial charge in [-0.25, -0.2) is 9.82 Å². The van der Waals surface area contributed by atoms with Gasteiger partial charge in [0.25, 0.3) is 0 Å². The zero-order valence-corrected chi connectivity index (χ0v) is 18.8. The van der Waals surface area contributed by atoms with E-state index in [-0.39, 0.29) is 23.2 Å². The third-order valence-corrected chi connectivity index (χ3v) is 5.33. The molecule has 158 valence electrons. The highest BCUT2D eigenvalue weighted by Gasteiger charge is 2.26. The molecule has 2 amide bonds. The van der Waals surface area contributed by atoms with E-state index in [0.29, 0.717) is 20.6 Å². The largest absolute Gasteiger partial charge is 0.493 e. The maximum atomic E-state index is 14.0. The SMILES string of the molecule is COc1cc(/C=N\NC(=O)C(=O)NC2CC2)cc(I)c1OCc1c(F)cccc1Cl. The quantitative estimate of drug-likeness (QED) is 0.242. The van der Waals surface area contributed by atoms with Gasteiger partial charge in [-0.3, -0.25) is 9.59 Å². The van der Waals surface area contributed by atoms with Crippen molar-refractivity contribution in [2.24, 2.45) is 5.10 Å². The monoisotopic (exact) mass is 545 g/mol. The Morgan fingerprint density at radius 3 is 2.77 bits per heavy atom. The van der Waals surface area contributed by atoms with Gasteiger partial charge in [-0.15, -0.1) is 0 Å². The van der Waals surface area contributed by atoms with Crippen LogP contribution in [0.3, 0.4) is 0 Å². The second-order valence-electron chi connectivity index (χ2n) is 6.47. The molecule has 0 bridgehead atoms. The van der Waals surface area contributed by atoms with E-state index in [0.717, 1.165) is 12.8 Å². The van der Waals surface area contributed by atoms with E-state index in [2.05, 4.69) is 15.8 Å². The third-order valence-electron chi connectivity index (χ3n) is 4.17. The molecule has 2 N–H and O–H groups in total. The lowest BCUT2D eigenvalue weighted by Gasteiger charge is -2.14. The van der Waals surface area contributed by atoms with E-state index in [1.165, 1.54) is 25.5 Å². The summed E-state index contributed by atoms with van der Waals surface area (Å²) in [6.07, 6.45) is 3.15. The summed E-state index contributed by atoms with van der Waals surface area (Å²) in [7, 11) is 1.47. The zero-order valence-electron chi connectivity index (χ0n) is 15.9. The smallest absolute Gasteiger partial charge is 0.329 e. The van der Waals surface area contributed by atoms with Crippen LogP contribution in [0.25, 0.3) is 0 Å². The fraction of sp³-hybridized carbons (Fsp3) is 0.250. The van der Waals surface area contributed by atoms with Gasteiger partial charge in [0.1, 0.15) is 12.4 Å². The summed E-state index contributed by atoms with van der Waals surface area (Å²) >= 11 is 8.08. The molecule has 2 aromatic rings. The van der Waals surface area contributed by atoms with Gasteiger partial charge < -0.3 is 14.8 Å². The van der Waals surface area contributed by atoms with Gasteiger partial charge in [0.15, 0.2) is 11.5 Å². The summed E-state index contributed by atoms with van der Waals surface area (Å²) in [4.78, 5) is 23.3. The van der Waals surface area contributed by atoms with Crippen molar-refractivity contribution in [1.82, 2.24) is 10.7 Å². The number of carbonyl (C=O) groups excluding carboxylic acids is 2. The fourth-order valence-corrected chi connectivity index (χ4v) is 3.46. The van der Waals surface area contributed by atoms with Crippen LogP contribution < -0.4 is 20.2 Å². The van der Waals surface area contributed by atoms with Crippen molar-refractivity contribution in [1.29, 1.82) is 0 Å². The molecule has 0 saturated heterocycles. The standard InChI is InChI=1S/C20H18ClFIN3O4/c1-29-17-8-11(9-24-26-20(28)19(27)25-12-5-6-12)7-16(23)18(17)30-10-13-14(21)3-2-4-15(13)22/h2-4,7-9,12H,5-6,10H2,1H3,(H,25,27)(H,26,28)/b24-9-. The summed E-state index contributed by atoms with van der Waals surface area (Å²) in [5.41, 5.74) is 3.03. The molecular formula is C20H18ClFIN3O4. The lowest BCUT2D eigenvalue weighted by atomic mass is 10.2. The Hall–Kier alpha value is -2.40. The maximum absolute atomic E-state index is 14.0. The van der Waals surface area contributed by atoms with Crippen LogP contribution >= 0.6 is 34.2 Å². The molecule has 2 aromatic carbocycles. The lowest BCUT2D eigenvalue weighted by molar-refractivity contribution is -0.139. The molecule has 10 heteroatoms. The molecule has 1 aliphatic carbocycles. The van der Waals surface area contributed by atoms with Crippen molar-refractivity contribution < 1.29 is 23.5 Å². The minimum absolute atomic E-state index is 0.0720. The van der Waals surface area contributed by atoms with Gasteiger partial charge in [0, 0.05) is 11.6 Å². The molecule has 0 unspecified atom stereocenters. The van der Waals surface area contributed by atoms with E-state index in [1.54, 1.807) is 18.2 Å². The predicted octanol–water partition coefficient (Wildman–Crippen LogP) is 3.40. The van der Waals surface area contributed by atoms with Crippen LogP contribution in [0, 0.1) is 9.39 Å². The van der Waals surface area contributed by atoms with Gasteiger partial charge in [-0.2, -0.15) is 5.10 Å². The molecule has 30 heavy (non-hydrogen) atoms. The number of methoxy groups -OCH3 is 1. The number of ether oxygens (including phenoxy) is 2. The third kappa shape index (κ3) is 5.82. The first-order valence-corrected chi connectivity index (χ1v) is 10.4. The number of carbonyl (C=O) groups is 2. The Bertz CT molecular complexity index is 978. The van der Waals surface area contributed by atoms with Crippen LogP contribution in [0.1, 0.15) is 24.0 Å². The van der Waals surface area contributed by atoms with Crippen LogP contribution in [0.4, 0.5) is 4.39 Å². The van der Waals surface area contributed by atoms with E-state index >= 15 is 0 Å². The molecule has 1 saturated carbocycles. The molecular weight excluding hydrogens is 528 g/mol. The molecule has 7 nitrogen and oxygen atoms in total. The molecule has 1 fully saturated rings. The number of benzene rings is 2. The molecule has 0 spiro atoms. The van der Waals surface area contributed by atoms with Crippen LogP contribution in [0.15, 0.2) is 35.4 Å².